The number of carboxylic acid groups (broad SMARTS) is 1. The minimum atomic E-state index is -1.14. The molecule has 0 fully saturated rings. The van der Waals surface area contributed by atoms with E-state index in [2.05, 4.69) is 4.98 Å². The van der Waals surface area contributed by atoms with Crippen LogP contribution in [0.25, 0.3) is 0 Å². The summed E-state index contributed by atoms with van der Waals surface area (Å²) in [7, 11) is 0. The zero-order valence-corrected chi connectivity index (χ0v) is 9.52. The summed E-state index contributed by atoms with van der Waals surface area (Å²) in [5.74, 6) is -1.29. The Morgan fingerprint density at radius 2 is 1.93 bits per heavy atom. The van der Waals surface area contributed by atoms with Crippen LogP contribution in [0.1, 0.15) is 31.4 Å². The highest BCUT2D eigenvalue weighted by Crippen LogP contribution is 2.29. The van der Waals surface area contributed by atoms with Crippen molar-refractivity contribution in [3.8, 4) is 0 Å². The molecule has 0 aliphatic carbocycles. The number of aromatic nitrogens is 2. The summed E-state index contributed by atoms with van der Waals surface area (Å²) in [5, 5.41) is 9.03. The van der Waals surface area contributed by atoms with Gasteiger partial charge in [-0.25, -0.2) is 9.78 Å². The van der Waals surface area contributed by atoms with Gasteiger partial charge in [-0.1, -0.05) is 23.2 Å². The van der Waals surface area contributed by atoms with E-state index in [1.807, 2.05) is 20.8 Å². The number of hydrogen-bond acceptors (Lipinski definition) is 2. The van der Waals surface area contributed by atoms with Gasteiger partial charge in [0, 0.05) is 5.54 Å². The molecule has 4 nitrogen and oxygen atoms in total. The number of nitrogens with zero attached hydrogens (tertiary/aromatic N) is 2. The lowest BCUT2D eigenvalue weighted by Crippen LogP contribution is -2.26. The van der Waals surface area contributed by atoms with Crippen LogP contribution in [0.2, 0.25) is 10.3 Å². The molecule has 1 aromatic rings. The average molecular weight is 237 g/mol. The SMILES string of the molecule is CC(C)(C)n1c(C(=O)O)nc(Cl)c1Cl. The van der Waals surface area contributed by atoms with Gasteiger partial charge < -0.3 is 9.67 Å². The Labute approximate surface area is 91.5 Å². The highest BCUT2D eigenvalue weighted by atomic mass is 35.5. The van der Waals surface area contributed by atoms with E-state index >= 15 is 0 Å². The van der Waals surface area contributed by atoms with E-state index in [0.29, 0.717) is 0 Å². The zero-order chi connectivity index (χ0) is 11.1. The molecule has 0 atom stereocenters. The molecule has 1 aromatic heterocycles. The van der Waals surface area contributed by atoms with E-state index in [0.717, 1.165) is 0 Å². The summed E-state index contributed by atoms with van der Waals surface area (Å²) in [6.07, 6.45) is 0. The monoisotopic (exact) mass is 236 g/mol. The third-order valence-electron chi connectivity index (χ3n) is 1.64. The Kier molecular flexibility index (Phi) is 2.78. The summed E-state index contributed by atoms with van der Waals surface area (Å²) >= 11 is 11.5. The molecule has 1 heterocycles. The van der Waals surface area contributed by atoms with Crippen LogP contribution in [-0.2, 0) is 5.54 Å². The number of imidazole rings is 1. The van der Waals surface area contributed by atoms with Crippen molar-refractivity contribution >= 4 is 29.2 Å². The lowest BCUT2D eigenvalue weighted by molar-refractivity contribution is 0.0671. The van der Waals surface area contributed by atoms with Crippen LogP contribution >= 0.6 is 23.2 Å². The fraction of sp³-hybridized carbons (Fsp3) is 0.500. The summed E-state index contributed by atoms with van der Waals surface area (Å²) in [6, 6.07) is 0. The van der Waals surface area contributed by atoms with Gasteiger partial charge in [-0.15, -0.1) is 0 Å². The molecule has 0 bridgehead atoms. The van der Waals surface area contributed by atoms with Crippen LogP contribution in [0.4, 0.5) is 0 Å². The van der Waals surface area contributed by atoms with Gasteiger partial charge in [0.1, 0.15) is 5.15 Å². The van der Waals surface area contributed by atoms with Crippen molar-refractivity contribution in [1.82, 2.24) is 9.55 Å². The molecule has 78 valence electrons. The Morgan fingerprint density at radius 3 is 2.21 bits per heavy atom. The van der Waals surface area contributed by atoms with Gasteiger partial charge in [-0.2, -0.15) is 0 Å². The van der Waals surface area contributed by atoms with Gasteiger partial charge in [-0.3, -0.25) is 0 Å². The summed E-state index contributed by atoms with van der Waals surface area (Å²) < 4.78 is 1.39. The minimum absolute atomic E-state index is 0.0130. The molecule has 0 aromatic carbocycles. The number of carboxylic acids is 1. The van der Waals surface area contributed by atoms with Crippen molar-refractivity contribution in [3.05, 3.63) is 16.1 Å². The van der Waals surface area contributed by atoms with Gasteiger partial charge in [0.15, 0.2) is 5.15 Å². The molecule has 0 aliphatic heterocycles. The highest BCUT2D eigenvalue weighted by Gasteiger charge is 2.27. The third-order valence-corrected chi connectivity index (χ3v) is 2.35. The van der Waals surface area contributed by atoms with Crippen molar-refractivity contribution in [1.29, 1.82) is 0 Å². The molecule has 0 saturated heterocycles. The Hall–Kier alpha value is -0.740. The number of halogens is 2. The quantitative estimate of drug-likeness (QED) is 0.816. The van der Waals surface area contributed by atoms with Crippen LogP contribution in [-0.4, -0.2) is 20.6 Å². The molecule has 1 rings (SSSR count). The summed E-state index contributed by atoms with van der Waals surface area (Å²) in [4.78, 5) is 14.5. The summed E-state index contributed by atoms with van der Waals surface area (Å²) in [5.41, 5.74) is -0.467. The molecular formula is C8H10Cl2N2O2. The summed E-state index contributed by atoms with van der Waals surface area (Å²) in [6.45, 7) is 5.47. The lowest BCUT2D eigenvalue weighted by Gasteiger charge is -2.22. The van der Waals surface area contributed by atoms with Gasteiger partial charge in [0.05, 0.1) is 0 Å². The number of carbonyl (C=O) groups is 1. The van der Waals surface area contributed by atoms with Crippen molar-refractivity contribution in [2.24, 2.45) is 0 Å². The molecular weight excluding hydrogens is 227 g/mol. The molecule has 0 spiro atoms. The first-order valence-corrected chi connectivity index (χ1v) is 4.68. The first-order chi connectivity index (χ1) is 6.25. The molecule has 0 aliphatic rings. The third kappa shape index (κ3) is 1.86. The average Bonchev–Trinajstić information content (AvgIpc) is 2.27. The largest absolute Gasteiger partial charge is 0.475 e. The van der Waals surface area contributed by atoms with E-state index in [1.54, 1.807) is 0 Å². The maximum absolute atomic E-state index is 10.8. The van der Waals surface area contributed by atoms with E-state index in [4.69, 9.17) is 28.3 Å². The van der Waals surface area contributed by atoms with Gasteiger partial charge in [0.2, 0.25) is 5.82 Å². The Morgan fingerprint density at radius 1 is 1.43 bits per heavy atom. The first kappa shape index (κ1) is 11.3. The number of hydrogen-bond donors (Lipinski definition) is 1. The highest BCUT2D eigenvalue weighted by molar-refractivity contribution is 6.40. The second-order valence-electron chi connectivity index (χ2n) is 3.83. The standard InChI is InChI=1S/C8H10Cl2N2O2/c1-8(2,3)12-5(10)4(9)11-6(12)7(13)14/h1-3H3,(H,13,14). The van der Waals surface area contributed by atoms with Crippen molar-refractivity contribution < 1.29 is 9.90 Å². The van der Waals surface area contributed by atoms with Crippen molar-refractivity contribution in [2.75, 3.05) is 0 Å². The van der Waals surface area contributed by atoms with E-state index in [1.165, 1.54) is 4.57 Å². The van der Waals surface area contributed by atoms with E-state index in [-0.39, 0.29) is 16.1 Å². The predicted molar refractivity (Wildman–Crippen MR) is 54.2 cm³/mol. The van der Waals surface area contributed by atoms with Gasteiger partial charge >= 0.3 is 5.97 Å². The normalized spacial score (nSPS) is 11.8. The van der Waals surface area contributed by atoms with Crippen LogP contribution in [0.3, 0.4) is 0 Å². The van der Waals surface area contributed by atoms with Gasteiger partial charge in [-0.05, 0) is 20.8 Å². The molecule has 0 unspecified atom stereocenters. The maximum Gasteiger partial charge on any atom is 0.372 e. The minimum Gasteiger partial charge on any atom is -0.475 e. The van der Waals surface area contributed by atoms with Crippen LogP contribution in [0.5, 0.6) is 0 Å². The number of aromatic carboxylic acids is 1. The lowest BCUT2D eigenvalue weighted by atomic mass is 10.1. The second-order valence-corrected chi connectivity index (χ2v) is 4.54. The molecule has 6 heteroatoms. The van der Waals surface area contributed by atoms with Crippen molar-refractivity contribution in [3.63, 3.8) is 0 Å². The molecule has 0 amide bonds. The molecule has 0 radical (unpaired) electrons. The zero-order valence-electron chi connectivity index (χ0n) is 8.01. The van der Waals surface area contributed by atoms with E-state index < -0.39 is 11.5 Å². The van der Waals surface area contributed by atoms with Crippen LogP contribution < -0.4 is 0 Å². The van der Waals surface area contributed by atoms with Gasteiger partial charge in [0.25, 0.3) is 0 Å². The second kappa shape index (κ2) is 3.44. The van der Waals surface area contributed by atoms with Crippen LogP contribution in [0, 0.1) is 0 Å². The fourth-order valence-corrected chi connectivity index (χ4v) is 1.67. The fourth-order valence-electron chi connectivity index (χ4n) is 1.13. The van der Waals surface area contributed by atoms with Crippen LogP contribution in [0.15, 0.2) is 0 Å². The molecule has 1 N–H and O–H groups in total. The first-order valence-electron chi connectivity index (χ1n) is 3.92. The predicted octanol–water partition coefficient (Wildman–Crippen LogP) is 2.64. The maximum atomic E-state index is 10.8. The molecule has 0 saturated carbocycles. The number of rotatable bonds is 1. The molecule has 14 heavy (non-hydrogen) atoms. The van der Waals surface area contributed by atoms with Crippen molar-refractivity contribution in [2.45, 2.75) is 26.3 Å². The van der Waals surface area contributed by atoms with E-state index in [9.17, 15) is 4.79 Å². The smallest absolute Gasteiger partial charge is 0.372 e. The Bertz CT molecular complexity index is 379. The Balaban J connectivity index is 3.46. The topological polar surface area (TPSA) is 55.1 Å².